The number of rotatable bonds is 6. The van der Waals surface area contributed by atoms with Crippen LogP contribution >= 0.6 is 11.8 Å². The summed E-state index contributed by atoms with van der Waals surface area (Å²) < 4.78 is 26.8. The van der Waals surface area contributed by atoms with Gasteiger partial charge in [-0.15, -0.1) is 0 Å². The highest BCUT2D eigenvalue weighted by Gasteiger charge is 2.33. The molecule has 0 bridgehead atoms. The first-order valence-electron chi connectivity index (χ1n) is 9.99. The average Bonchev–Trinajstić information content (AvgIpc) is 3.09. The van der Waals surface area contributed by atoms with E-state index in [1.807, 2.05) is 39.0 Å². The number of hydrogen-bond donors (Lipinski definition) is 1. The number of benzene rings is 2. The van der Waals surface area contributed by atoms with Gasteiger partial charge in [-0.25, -0.2) is 9.38 Å². The monoisotopic (exact) mass is 441 g/mol. The highest BCUT2D eigenvalue weighted by molar-refractivity contribution is 8.14. The van der Waals surface area contributed by atoms with Crippen LogP contribution in [0.3, 0.4) is 0 Å². The van der Waals surface area contributed by atoms with Gasteiger partial charge in [0.1, 0.15) is 12.4 Å². The number of aliphatic imine (C=N–C) groups is 1. The average molecular weight is 442 g/mol. The van der Waals surface area contributed by atoms with E-state index < -0.39 is 0 Å². The molecule has 31 heavy (non-hydrogen) atoms. The third kappa shape index (κ3) is 4.12. The van der Waals surface area contributed by atoms with Gasteiger partial charge >= 0.3 is 0 Å². The van der Waals surface area contributed by atoms with Gasteiger partial charge in [0.2, 0.25) is 0 Å². The van der Waals surface area contributed by atoms with E-state index in [9.17, 15) is 9.18 Å². The predicted octanol–water partition coefficient (Wildman–Crippen LogP) is 5.37. The van der Waals surface area contributed by atoms with E-state index in [1.165, 1.54) is 23.9 Å². The molecule has 0 unspecified atom stereocenters. The van der Waals surface area contributed by atoms with Crippen molar-refractivity contribution in [3.63, 3.8) is 0 Å². The number of ether oxygens (including phenoxy) is 2. The Labute approximate surface area is 184 Å². The van der Waals surface area contributed by atoms with E-state index in [2.05, 4.69) is 10.1 Å². The van der Waals surface area contributed by atoms with Crippen molar-refractivity contribution in [1.82, 2.24) is 9.78 Å². The SMILES string of the molecule is COc1cccc([C@H]2SC(C)=Nc3c2c(=O)[nH]n3C(C)C)c1OCc1ccc(F)cc1. The Balaban J connectivity index is 1.78. The molecule has 0 radical (unpaired) electrons. The normalized spacial score (nSPS) is 15.5. The van der Waals surface area contributed by atoms with Crippen LogP contribution in [-0.4, -0.2) is 21.9 Å². The second-order valence-electron chi connectivity index (χ2n) is 7.56. The standard InChI is InChI=1S/C23H24FN3O3S/c1-13(2)27-22-19(23(28)26-27)21(31-14(3)25-22)17-6-5-7-18(29-4)20(17)30-12-15-8-10-16(24)11-9-15/h5-11,13,21H,12H2,1-4H3,(H,26,28)/t21-/m1/s1. The predicted molar refractivity (Wildman–Crippen MR) is 121 cm³/mol. The third-order valence-electron chi connectivity index (χ3n) is 5.07. The van der Waals surface area contributed by atoms with Crippen molar-refractivity contribution in [2.45, 2.75) is 38.7 Å². The number of nitrogens with one attached hydrogen (secondary N) is 1. The van der Waals surface area contributed by atoms with Crippen molar-refractivity contribution in [1.29, 1.82) is 0 Å². The van der Waals surface area contributed by atoms with Gasteiger partial charge in [-0.3, -0.25) is 14.6 Å². The number of thioether (sulfide) groups is 1. The summed E-state index contributed by atoms with van der Waals surface area (Å²) in [6, 6.07) is 11.9. The molecule has 0 fully saturated rings. The lowest BCUT2D eigenvalue weighted by Crippen LogP contribution is -2.15. The van der Waals surface area contributed by atoms with E-state index in [1.54, 1.807) is 23.9 Å². The summed E-state index contributed by atoms with van der Waals surface area (Å²) in [6.45, 7) is 6.18. The lowest BCUT2D eigenvalue weighted by molar-refractivity contribution is 0.281. The zero-order valence-corrected chi connectivity index (χ0v) is 18.6. The molecule has 0 aliphatic carbocycles. The first-order valence-corrected chi connectivity index (χ1v) is 10.9. The van der Waals surface area contributed by atoms with Crippen LogP contribution in [0.15, 0.2) is 52.3 Å². The molecule has 3 aromatic rings. The summed E-state index contributed by atoms with van der Waals surface area (Å²) in [4.78, 5) is 17.5. The summed E-state index contributed by atoms with van der Waals surface area (Å²) in [6.07, 6.45) is 0. The largest absolute Gasteiger partial charge is 0.493 e. The Morgan fingerprint density at radius 1 is 1.23 bits per heavy atom. The van der Waals surface area contributed by atoms with Crippen molar-refractivity contribution in [2.24, 2.45) is 4.99 Å². The van der Waals surface area contributed by atoms with Crippen LogP contribution < -0.4 is 15.0 Å². The van der Waals surface area contributed by atoms with Crippen molar-refractivity contribution in [3.8, 4) is 11.5 Å². The van der Waals surface area contributed by atoms with Crippen LogP contribution in [0.25, 0.3) is 0 Å². The first kappa shape index (κ1) is 21.2. The first-order chi connectivity index (χ1) is 14.9. The molecule has 0 saturated carbocycles. The summed E-state index contributed by atoms with van der Waals surface area (Å²) in [7, 11) is 1.58. The van der Waals surface area contributed by atoms with Crippen LogP contribution in [-0.2, 0) is 6.61 Å². The zero-order chi connectivity index (χ0) is 22.1. The fourth-order valence-corrected chi connectivity index (χ4v) is 4.72. The van der Waals surface area contributed by atoms with E-state index >= 15 is 0 Å². The van der Waals surface area contributed by atoms with Crippen LogP contribution in [0.4, 0.5) is 10.2 Å². The molecule has 0 spiro atoms. The molecule has 8 heteroatoms. The summed E-state index contributed by atoms with van der Waals surface area (Å²) in [5, 5.41) is 3.48. The van der Waals surface area contributed by atoms with Gasteiger partial charge in [0.05, 0.1) is 23.0 Å². The Morgan fingerprint density at radius 2 is 1.97 bits per heavy atom. The number of aromatic nitrogens is 2. The van der Waals surface area contributed by atoms with Gasteiger partial charge in [-0.05, 0) is 44.5 Å². The van der Waals surface area contributed by atoms with Gasteiger partial charge in [0, 0.05) is 11.6 Å². The molecule has 4 rings (SSSR count). The van der Waals surface area contributed by atoms with E-state index in [4.69, 9.17) is 9.47 Å². The fourth-order valence-electron chi connectivity index (χ4n) is 3.59. The van der Waals surface area contributed by atoms with E-state index in [0.717, 1.165) is 16.2 Å². The van der Waals surface area contributed by atoms with E-state index in [0.29, 0.717) is 22.9 Å². The lowest BCUT2D eigenvalue weighted by Gasteiger charge is -2.24. The fraction of sp³-hybridized carbons (Fsp3) is 0.304. The van der Waals surface area contributed by atoms with Crippen LogP contribution in [0.2, 0.25) is 0 Å². The molecule has 0 amide bonds. The molecular weight excluding hydrogens is 417 g/mol. The van der Waals surface area contributed by atoms with Crippen LogP contribution in [0, 0.1) is 5.82 Å². The minimum Gasteiger partial charge on any atom is -0.493 e. The van der Waals surface area contributed by atoms with Gasteiger partial charge in [-0.1, -0.05) is 36.0 Å². The number of nitrogens with zero attached hydrogens (tertiary/aromatic N) is 2. The van der Waals surface area contributed by atoms with Crippen molar-refractivity contribution >= 4 is 22.6 Å². The van der Waals surface area contributed by atoms with Crippen LogP contribution in [0.5, 0.6) is 11.5 Å². The second-order valence-corrected chi connectivity index (χ2v) is 8.86. The van der Waals surface area contributed by atoms with Crippen molar-refractivity contribution in [2.75, 3.05) is 7.11 Å². The number of fused-ring (bicyclic) bond motifs is 1. The van der Waals surface area contributed by atoms with E-state index in [-0.39, 0.29) is 29.3 Å². The smallest absolute Gasteiger partial charge is 0.271 e. The maximum atomic E-state index is 13.2. The molecule has 1 atom stereocenters. The number of halogens is 1. The molecule has 1 aliphatic rings. The Hall–Kier alpha value is -3.00. The number of hydrogen-bond acceptors (Lipinski definition) is 5. The molecule has 1 aromatic heterocycles. The molecule has 162 valence electrons. The van der Waals surface area contributed by atoms with Crippen LogP contribution in [0.1, 0.15) is 48.8 Å². The number of H-pyrrole nitrogens is 1. The zero-order valence-electron chi connectivity index (χ0n) is 17.8. The summed E-state index contributed by atoms with van der Waals surface area (Å²) in [5.74, 6) is 1.48. The van der Waals surface area contributed by atoms with Gasteiger partial charge in [-0.2, -0.15) is 0 Å². The number of aromatic amines is 1. The number of methoxy groups -OCH3 is 1. The molecule has 6 nitrogen and oxygen atoms in total. The highest BCUT2D eigenvalue weighted by Crippen LogP contribution is 2.49. The molecule has 1 N–H and O–H groups in total. The second kappa shape index (κ2) is 8.63. The van der Waals surface area contributed by atoms with Gasteiger partial charge in [0.15, 0.2) is 17.3 Å². The molecule has 2 heterocycles. The summed E-state index contributed by atoms with van der Waals surface area (Å²) in [5.41, 5.74) is 2.10. The third-order valence-corrected chi connectivity index (χ3v) is 6.23. The Bertz CT molecular complexity index is 1180. The lowest BCUT2D eigenvalue weighted by atomic mass is 10.0. The minimum absolute atomic E-state index is 0.0660. The topological polar surface area (TPSA) is 68.6 Å². The van der Waals surface area contributed by atoms with Gasteiger partial charge < -0.3 is 9.47 Å². The van der Waals surface area contributed by atoms with Crippen molar-refractivity contribution in [3.05, 3.63) is 75.3 Å². The maximum Gasteiger partial charge on any atom is 0.271 e. The summed E-state index contributed by atoms with van der Waals surface area (Å²) >= 11 is 1.51. The highest BCUT2D eigenvalue weighted by atomic mass is 32.2. The molecule has 1 aliphatic heterocycles. The van der Waals surface area contributed by atoms with Crippen molar-refractivity contribution < 1.29 is 13.9 Å². The maximum absolute atomic E-state index is 13.2. The number of para-hydroxylation sites is 1. The molecule has 0 saturated heterocycles. The molecular formula is C23H24FN3O3S. The molecule has 2 aromatic carbocycles. The quantitative estimate of drug-likeness (QED) is 0.558. The Kier molecular flexibility index (Phi) is 5.91. The minimum atomic E-state index is -0.297. The van der Waals surface area contributed by atoms with Gasteiger partial charge in [0.25, 0.3) is 5.56 Å². The Morgan fingerprint density at radius 3 is 2.65 bits per heavy atom.